The van der Waals surface area contributed by atoms with Crippen molar-refractivity contribution in [3.63, 3.8) is 0 Å². The summed E-state index contributed by atoms with van der Waals surface area (Å²) >= 11 is 0. The fraction of sp³-hybridized carbons (Fsp3) is 1.00. The fourth-order valence-corrected chi connectivity index (χ4v) is 1.66. The van der Waals surface area contributed by atoms with Gasteiger partial charge in [-0.1, -0.05) is 26.7 Å². The van der Waals surface area contributed by atoms with Gasteiger partial charge in [0, 0.05) is 26.4 Å². The molecule has 0 rings (SSSR count). The minimum absolute atomic E-state index is 0.358. The number of nitrogens with one attached hydrogen (secondary N) is 1. The average Bonchev–Trinajstić information content (AvgIpc) is 2.49. The van der Waals surface area contributed by atoms with Crippen molar-refractivity contribution in [3.8, 4) is 0 Å². The maximum absolute atomic E-state index is 9.70. The van der Waals surface area contributed by atoms with Crippen LogP contribution in [0.4, 0.5) is 0 Å². The summed E-state index contributed by atoms with van der Waals surface area (Å²) in [6.07, 6.45) is 5.06. The predicted molar refractivity (Wildman–Crippen MR) is 85.8 cm³/mol. The molecule has 0 spiro atoms. The van der Waals surface area contributed by atoms with Gasteiger partial charge in [0.2, 0.25) is 0 Å². The van der Waals surface area contributed by atoms with Crippen molar-refractivity contribution in [2.75, 3.05) is 52.7 Å². The summed E-state index contributed by atoms with van der Waals surface area (Å²) in [5, 5.41) is 12.9. The van der Waals surface area contributed by atoms with Crippen LogP contribution in [-0.2, 0) is 14.2 Å². The molecule has 0 radical (unpaired) electrons. The zero-order valence-corrected chi connectivity index (χ0v) is 13.9. The summed E-state index contributed by atoms with van der Waals surface area (Å²) < 4.78 is 16.2. The number of hydrogen-bond acceptors (Lipinski definition) is 5. The molecule has 0 amide bonds. The molecule has 0 aromatic rings. The summed E-state index contributed by atoms with van der Waals surface area (Å²) in [6.45, 7) is 9.67. The second-order valence-corrected chi connectivity index (χ2v) is 5.22. The van der Waals surface area contributed by atoms with Gasteiger partial charge in [0.1, 0.15) is 0 Å². The van der Waals surface area contributed by atoms with Crippen LogP contribution in [0.5, 0.6) is 0 Å². The Labute approximate surface area is 130 Å². The summed E-state index contributed by atoms with van der Waals surface area (Å²) in [4.78, 5) is 0. The smallest absolute Gasteiger partial charge is 0.0897 e. The van der Waals surface area contributed by atoms with Crippen LogP contribution in [0, 0.1) is 0 Å². The van der Waals surface area contributed by atoms with Crippen molar-refractivity contribution in [2.45, 2.75) is 52.1 Å². The van der Waals surface area contributed by atoms with Crippen LogP contribution in [0.3, 0.4) is 0 Å². The monoisotopic (exact) mass is 305 g/mol. The van der Waals surface area contributed by atoms with Gasteiger partial charge in [0.05, 0.1) is 25.9 Å². The first-order valence-electron chi connectivity index (χ1n) is 8.43. The Morgan fingerprint density at radius 1 is 0.810 bits per heavy atom. The molecule has 1 atom stereocenters. The standard InChI is InChI=1S/C16H35NO4/c1-3-5-9-19-11-7-8-17-14-16(18)15-21-13-12-20-10-6-4-2/h16-18H,3-15H2,1-2H3. The number of hydrogen-bond donors (Lipinski definition) is 2. The van der Waals surface area contributed by atoms with Gasteiger partial charge in [-0.3, -0.25) is 0 Å². The van der Waals surface area contributed by atoms with Gasteiger partial charge in [-0.25, -0.2) is 0 Å². The first-order valence-corrected chi connectivity index (χ1v) is 8.43. The van der Waals surface area contributed by atoms with Crippen molar-refractivity contribution < 1.29 is 19.3 Å². The molecule has 128 valence electrons. The van der Waals surface area contributed by atoms with Gasteiger partial charge >= 0.3 is 0 Å². The van der Waals surface area contributed by atoms with Crippen LogP contribution in [0.15, 0.2) is 0 Å². The summed E-state index contributed by atoms with van der Waals surface area (Å²) in [6, 6.07) is 0. The Morgan fingerprint density at radius 2 is 1.38 bits per heavy atom. The van der Waals surface area contributed by atoms with Crippen LogP contribution in [0.25, 0.3) is 0 Å². The molecule has 5 nitrogen and oxygen atoms in total. The number of aliphatic hydroxyl groups excluding tert-OH is 1. The van der Waals surface area contributed by atoms with E-state index in [4.69, 9.17) is 14.2 Å². The molecule has 0 aliphatic carbocycles. The minimum atomic E-state index is -0.457. The highest BCUT2D eigenvalue weighted by Crippen LogP contribution is 1.91. The molecule has 0 fully saturated rings. The molecule has 0 aliphatic rings. The van der Waals surface area contributed by atoms with E-state index in [1.165, 1.54) is 6.42 Å². The van der Waals surface area contributed by atoms with Crippen molar-refractivity contribution in [3.05, 3.63) is 0 Å². The summed E-state index contributed by atoms with van der Waals surface area (Å²) in [7, 11) is 0. The number of aliphatic hydroxyl groups is 1. The number of rotatable bonds is 17. The Balaban J connectivity index is 3.11. The SMILES string of the molecule is CCCCOCCCNCC(O)COCCOCCCC. The van der Waals surface area contributed by atoms with Crippen LogP contribution >= 0.6 is 0 Å². The molecule has 1 unspecified atom stereocenters. The van der Waals surface area contributed by atoms with Gasteiger partial charge in [-0.2, -0.15) is 0 Å². The van der Waals surface area contributed by atoms with E-state index in [9.17, 15) is 5.11 Å². The lowest BCUT2D eigenvalue weighted by Crippen LogP contribution is -2.31. The van der Waals surface area contributed by atoms with Crippen LogP contribution in [0.1, 0.15) is 46.0 Å². The van der Waals surface area contributed by atoms with Gasteiger partial charge in [-0.05, 0) is 25.8 Å². The Bertz CT molecular complexity index is 193. The third kappa shape index (κ3) is 17.7. The van der Waals surface area contributed by atoms with Gasteiger partial charge in [0.25, 0.3) is 0 Å². The highest BCUT2D eigenvalue weighted by Gasteiger charge is 2.03. The van der Waals surface area contributed by atoms with Crippen LogP contribution < -0.4 is 5.32 Å². The zero-order chi connectivity index (χ0) is 15.6. The average molecular weight is 305 g/mol. The molecular formula is C16H35NO4. The molecule has 5 heteroatoms. The topological polar surface area (TPSA) is 60.0 Å². The lowest BCUT2D eigenvalue weighted by Gasteiger charge is -2.12. The molecule has 0 bridgehead atoms. The van der Waals surface area contributed by atoms with E-state index in [1.807, 2.05) is 0 Å². The van der Waals surface area contributed by atoms with Crippen LogP contribution in [-0.4, -0.2) is 63.9 Å². The first kappa shape index (κ1) is 20.8. The number of ether oxygens (including phenoxy) is 3. The van der Waals surface area contributed by atoms with E-state index in [0.29, 0.717) is 26.4 Å². The molecule has 0 aromatic carbocycles. The molecule has 0 heterocycles. The molecule has 0 saturated carbocycles. The maximum Gasteiger partial charge on any atom is 0.0897 e. The molecule has 21 heavy (non-hydrogen) atoms. The second-order valence-electron chi connectivity index (χ2n) is 5.22. The quantitative estimate of drug-likeness (QED) is 0.402. The van der Waals surface area contributed by atoms with Crippen LogP contribution in [0.2, 0.25) is 0 Å². The lowest BCUT2D eigenvalue weighted by atomic mass is 10.3. The number of unbranched alkanes of at least 4 members (excludes halogenated alkanes) is 2. The Kier molecular flexibility index (Phi) is 17.7. The van der Waals surface area contributed by atoms with Crippen molar-refractivity contribution in [1.82, 2.24) is 5.32 Å². The van der Waals surface area contributed by atoms with Crippen molar-refractivity contribution >= 4 is 0 Å². The van der Waals surface area contributed by atoms with E-state index >= 15 is 0 Å². The van der Waals surface area contributed by atoms with Crippen molar-refractivity contribution in [2.24, 2.45) is 0 Å². The molecule has 2 N–H and O–H groups in total. The third-order valence-corrected chi connectivity index (χ3v) is 2.99. The predicted octanol–water partition coefficient (Wildman–Crippen LogP) is 1.98. The minimum Gasteiger partial charge on any atom is -0.389 e. The largest absolute Gasteiger partial charge is 0.389 e. The second kappa shape index (κ2) is 17.9. The summed E-state index contributed by atoms with van der Waals surface area (Å²) in [5.74, 6) is 0. The third-order valence-electron chi connectivity index (χ3n) is 2.99. The van der Waals surface area contributed by atoms with E-state index < -0.39 is 6.10 Å². The highest BCUT2D eigenvalue weighted by atomic mass is 16.5. The van der Waals surface area contributed by atoms with E-state index in [-0.39, 0.29) is 0 Å². The van der Waals surface area contributed by atoms with E-state index in [1.54, 1.807) is 0 Å². The normalized spacial score (nSPS) is 12.7. The molecule has 0 saturated heterocycles. The fourth-order valence-electron chi connectivity index (χ4n) is 1.66. The van der Waals surface area contributed by atoms with E-state index in [0.717, 1.165) is 52.0 Å². The highest BCUT2D eigenvalue weighted by molar-refractivity contribution is 4.58. The van der Waals surface area contributed by atoms with Gasteiger partial charge in [0.15, 0.2) is 0 Å². The zero-order valence-electron chi connectivity index (χ0n) is 13.9. The maximum atomic E-state index is 9.70. The Morgan fingerprint density at radius 3 is 2.05 bits per heavy atom. The molecular weight excluding hydrogens is 270 g/mol. The Hall–Kier alpha value is -0.200. The molecule has 0 aromatic heterocycles. The lowest BCUT2D eigenvalue weighted by molar-refractivity contribution is 0.00382. The van der Waals surface area contributed by atoms with Crippen molar-refractivity contribution in [1.29, 1.82) is 0 Å². The summed E-state index contributed by atoms with van der Waals surface area (Å²) in [5.41, 5.74) is 0. The first-order chi connectivity index (χ1) is 10.3. The van der Waals surface area contributed by atoms with Gasteiger partial charge in [-0.15, -0.1) is 0 Å². The van der Waals surface area contributed by atoms with Gasteiger partial charge < -0.3 is 24.6 Å². The molecule has 0 aliphatic heterocycles. The van der Waals surface area contributed by atoms with E-state index in [2.05, 4.69) is 19.2 Å².